The van der Waals surface area contributed by atoms with Gasteiger partial charge in [-0.2, -0.15) is 0 Å². The van der Waals surface area contributed by atoms with Crippen LogP contribution in [0.4, 0.5) is 0 Å². The highest BCUT2D eigenvalue weighted by molar-refractivity contribution is 6.37. The number of carbonyl (C=O) groups is 2. The summed E-state index contributed by atoms with van der Waals surface area (Å²) < 4.78 is 10.9. The zero-order valence-corrected chi connectivity index (χ0v) is 18.4. The van der Waals surface area contributed by atoms with E-state index in [2.05, 4.69) is 4.99 Å². The van der Waals surface area contributed by atoms with Crippen LogP contribution >= 0.6 is 23.2 Å². The van der Waals surface area contributed by atoms with E-state index in [4.69, 9.17) is 32.7 Å². The quantitative estimate of drug-likeness (QED) is 0.665. The fourth-order valence-electron chi connectivity index (χ4n) is 3.88. The zero-order valence-electron chi connectivity index (χ0n) is 16.9. The number of nitrogens with zero attached hydrogens (tertiary/aromatic N) is 2. The van der Waals surface area contributed by atoms with E-state index < -0.39 is 5.92 Å². The van der Waals surface area contributed by atoms with Crippen molar-refractivity contribution in [2.45, 2.75) is 32.8 Å². The summed E-state index contributed by atoms with van der Waals surface area (Å²) in [4.78, 5) is 31.4. The number of methoxy groups -OCH3 is 2. The Morgan fingerprint density at radius 2 is 2.03 bits per heavy atom. The molecule has 0 saturated heterocycles. The van der Waals surface area contributed by atoms with Crippen LogP contribution in [0.2, 0.25) is 10.0 Å². The third kappa shape index (κ3) is 4.06. The van der Waals surface area contributed by atoms with E-state index in [0.717, 1.165) is 5.56 Å². The fourth-order valence-corrected chi connectivity index (χ4v) is 4.56. The van der Waals surface area contributed by atoms with E-state index in [1.807, 2.05) is 6.92 Å². The Morgan fingerprint density at radius 1 is 1.31 bits per heavy atom. The molecule has 0 aliphatic carbocycles. The second-order valence-corrected chi connectivity index (χ2v) is 7.93. The van der Waals surface area contributed by atoms with Crippen molar-refractivity contribution in [2.24, 2.45) is 10.9 Å². The number of hydrogen-bond donors (Lipinski definition) is 0. The summed E-state index contributed by atoms with van der Waals surface area (Å²) in [5.41, 5.74) is 2.41. The van der Waals surface area contributed by atoms with Gasteiger partial charge in [-0.1, -0.05) is 30.1 Å². The van der Waals surface area contributed by atoms with Gasteiger partial charge < -0.3 is 14.4 Å². The minimum atomic E-state index is -0.631. The van der Waals surface area contributed by atoms with E-state index in [1.165, 1.54) is 7.11 Å². The molecule has 0 aromatic heterocycles. The summed E-state index contributed by atoms with van der Waals surface area (Å²) in [6.45, 7) is 4.32. The number of rotatable bonds is 6. The number of amides is 2. The van der Waals surface area contributed by atoms with E-state index in [1.54, 1.807) is 31.1 Å². The number of carbonyl (C=O) groups excluding carboxylic acids is 2. The second-order valence-electron chi connectivity index (χ2n) is 7.14. The van der Waals surface area contributed by atoms with Crippen molar-refractivity contribution < 1.29 is 19.1 Å². The molecule has 2 atom stereocenters. The van der Waals surface area contributed by atoms with Crippen LogP contribution in [-0.2, 0) is 20.7 Å². The van der Waals surface area contributed by atoms with Gasteiger partial charge in [0, 0.05) is 36.5 Å². The first-order valence-electron chi connectivity index (χ1n) is 9.49. The van der Waals surface area contributed by atoms with Crippen LogP contribution in [0.3, 0.4) is 0 Å². The molecule has 0 saturated carbocycles. The second kappa shape index (κ2) is 8.86. The lowest BCUT2D eigenvalue weighted by molar-refractivity contribution is -0.122. The molecule has 8 heteroatoms. The van der Waals surface area contributed by atoms with Gasteiger partial charge in [0.05, 0.1) is 23.8 Å². The summed E-state index contributed by atoms with van der Waals surface area (Å²) in [6, 6.07) is 1.79. The highest BCUT2D eigenvalue weighted by atomic mass is 35.5. The molecule has 6 nitrogen and oxygen atoms in total. The molecule has 2 heterocycles. The summed E-state index contributed by atoms with van der Waals surface area (Å²) >= 11 is 13.1. The smallest absolute Gasteiger partial charge is 0.258 e. The number of aliphatic imine (C=N–C) groups is 1. The first-order chi connectivity index (χ1) is 13.8. The Balaban J connectivity index is 1.95. The molecule has 1 aromatic rings. The molecule has 2 aliphatic rings. The van der Waals surface area contributed by atoms with E-state index >= 15 is 0 Å². The molecule has 1 aromatic carbocycles. The van der Waals surface area contributed by atoms with Crippen LogP contribution in [0.5, 0.6) is 0 Å². The van der Waals surface area contributed by atoms with Gasteiger partial charge in [0.25, 0.3) is 11.8 Å². The molecular weight excluding hydrogens is 415 g/mol. The third-order valence-corrected chi connectivity index (χ3v) is 6.14. The van der Waals surface area contributed by atoms with Gasteiger partial charge in [0.1, 0.15) is 11.7 Å². The van der Waals surface area contributed by atoms with Crippen molar-refractivity contribution in [2.75, 3.05) is 27.3 Å². The molecule has 0 N–H and O–H groups in total. The van der Waals surface area contributed by atoms with Crippen LogP contribution in [0.1, 0.15) is 47.9 Å². The van der Waals surface area contributed by atoms with Crippen LogP contribution in [0.25, 0.3) is 0 Å². The first kappa shape index (κ1) is 21.8. The predicted octanol–water partition coefficient (Wildman–Crippen LogP) is 4.24. The minimum absolute atomic E-state index is 0.174. The van der Waals surface area contributed by atoms with Crippen LogP contribution < -0.4 is 0 Å². The van der Waals surface area contributed by atoms with Crippen molar-refractivity contribution in [3.05, 3.63) is 44.6 Å². The topological polar surface area (TPSA) is 68.2 Å². The Hall–Kier alpha value is -1.89. The summed E-state index contributed by atoms with van der Waals surface area (Å²) in [6.07, 6.45) is 2.72. The molecule has 156 valence electrons. The molecule has 2 aliphatic heterocycles. The van der Waals surface area contributed by atoms with Gasteiger partial charge >= 0.3 is 0 Å². The van der Waals surface area contributed by atoms with Crippen molar-refractivity contribution in [1.82, 2.24) is 4.90 Å². The molecule has 29 heavy (non-hydrogen) atoms. The minimum Gasteiger partial charge on any atom is -0.500 e. The average molecular weight is 439 g/mol. The normalized spacial score (nSPS) is 20.2. The zero-order chi connectivity index (χ0) is 21.3. The number of allylic oxidation sites excluding steroid dienone is 1. The Kier molecular flexibility index (Phi) is 6.66. The van der Waals surface area contributed by atoms with Gasteiger partial charge in [0.2, 0.25) is 0 Å². The standard InChI is InChI=1S/C21H24Cl2N2O4/c1-5-16(28-3)13-9-15(22)12-6-7-25(21(27)18(12)19(13)23)10-14-17(29-4)8-11(2)24-20(14)26/h8-9,14,16H,5-7,10H2,1-4H3. The van der Waals surface area contributed by atoms with Gasteiger partial charge in [0.15, 0.2) is 0 Å². The molecule has 0 spiro atoms. The van der Waals surface area contributed by atoms with Crippen molar-refractivity contribution >= 4 is 40.7 Å². The molecule has 2 unspecified atom stereocenters. The molecular formula is C21H24Cl2N2O4. The van der Waals surface area contributed by atoms with Crippen LogP contribution in [0.15, 0.2) is 22.9 Å². The summed E-state index contributed by atoms with van der Waals surface area (Å²) in [7, 11) is 3.11. The lowest BCUT2D eigenvalue weighted by Gasteiger charge is -2.33. The van der Waals surface area contributed by atoms with Crippen molar-refractivity contribution in [1.29, 1.82) is 0 Å². The van der Waals surface area contributed by atoms with Gasteiger partial charge in [-0.25, -0.2) is 4.99 Å². The van der Waals surface area contributed by atoms with Gasteiger partial charge in [-0.15, -0.1) is 0 Å². The van der Waals surface area contributed by atoms with Crippen LogP contribution in [-0.4, -0.2) is 49.7 Å². The van der Waals surface area contributed by atoms with E-state index in [-0.39, 0.29) is 24.5 Å². The molecule has 0 radical (unpaired) electrons. The number of fused-ring (bicyclic) bond motifs is 1. The SMILES string of the molecule is CCC(OC)c1cc(Cl)c2c(c1Cl)C(=O)N(CC1C(=O)N=C(C)C=C1OC)CC2. The predicted molar refractivity (Wildman–Crippen MR) is 113 cm³/mol. The maximum atomic E-state index is 13.3. The highest BCUT2D eigenvalue weighted by Crippen LogP contribution is 2.39. The summed E-state index contributed by atoms with van der Waals surface area (Å²) in [5.74, 6) is -0.692. The average Bonchev–Trinajstić information content (AvgIpc) is 2.69. The molecule has 3 rings (SSSR count). The largest absolute Gasteiger partial charge is 0.500 e. The number of benzene rings is 1. The fraction of sp³-hybridized carbons (Fsp3) is 0.476. The Morgan fingerprint density at radius 3 is 2.66 bits per heavy atom. The monoisotopic (exact) mass is 438 g/mol. The molecule has 0 bridgehead atoms. The van der Waals surface area contributed by atoms with Crippen molar-refractivity contribution in [3.63, 3.8) is 0 Å². The number of hydrogen-bond acceptors (Lipinski definition) is 4. The van der Waals surface area contributed by atoms with E-state index in [0.29, 0.717) is 52.0 Å². The Bertz CT molecular complexity index is 906. The number of halogens is 2. The van der Waals surface area contributed by atoms with Gasteiger partial charge in [-0.05, 0) is 37.5 Å². The lowest BCUT2D eigenvalue weighted by Crippen LogP contribution is -2.43. The van der Waals surface area contributed by atoms with Crippen LogP contribution in [0, 0.1) is 5.92 Å². The number of ether oxygens (including phenoxy) is 2. The first-order valence-corrected chi connectivity index (χ1v) is 10.2. The summed E-state index contributed by atoms with van der Waals surface area (Å²) in [5, 5.41) is 0.869. The molecule has 2 amide bonds. The maximum absolute atomic E-state index is 13.3. The Labute approximate surface area is 180 Å². The van der Waals surface area contributed by atoms with Crippen molar-refractivity contribution in [3.8, 4) is 0 Å². The third-order valence-electron chi connectivity index (χ3n) is 5.40. The molecule has 0 fully saturated rings. The lowest BCUT2D eigenvalue weighted by atomic mass is 9.92. The highest BCUT2D eigenvalue weighted by Gasteiger charge is 2.36. The van der Waals surface area contributed by atoms with E-state index in [9.17, 15) is 9.59 Å². The van der Waals surface area contributed by atoms with Gasteiger partial charge in [-0.3, -0.25) is 9.59 Å². The maximum Gasteiger partial charge on any atom is 0.258 e. The number of dihydropyridines is 1.